The lowest BCUT2D eigenvalue weighted by Crippen LogP contribution is -2.12. The monoisotopic (exact) mass is 374 g/mol. The minimum absolute atomic E-state index is 0.0643. The molecule has 1 aromatic heterocycles. The summed E-state index contributed by atoms with van der Waals surface area (Å²) in [6.45, 7) is 4.16. The third kappa shape index (κ3) is 4.09. The van der Waals surface area contributed by atoms with Gasteiger partial charge in [0.25, 0.3) is 0 Å². The number of nitrogens with zero attached hydrogens (tertiary/aromatic N) is 3. The molecule has 6 nitrogen and oxygen atoms in total. The van der Waals surface area contributed by atoms with Crippen LogP contribution in [-0.2, 0) is 10.0 Å². The second kappa shape index (κ2) is 6.99. The van der Waals surface area contributed by atoms with Gasteiger partial charge in [0.05, 0.1) is 10.6 Å². The first-order valence-corrected chi connectivity index (χ1v) is 10.1. The van der Waals surface area contributed by atoms with E-state index in [9.17, 15) is 8.42 Å². The van der Waals surface area contributed by atoms with Gasteiger partial charge in [-0.05, 0) is 24.3 Å². The van der Waals surface area contributed by atoms with Crippen molar-refractivity contribution in [2.75, 3.05) is 0 Å². The van der Waals surface area contributed by atoms with E-state index in [1.165, 1.54) is 12.1 Å². The van der Waals surface area contributed by atoms with Gasteiger partial charge in [0.15, 0.2) is 5.82 Å². The molecule has 0 unspecified atom stereocenters. The molecule has 0 radical (unpaired) electrons. The summed E-state index contributed by atoms with van der Waals surface area (Å²) in [7, 11) is -3.72. The SMILES string of the molecule is CC(C)Sc1nc(-c2ccccc2)n(-c2ccc(S(N)(=O)=O)cc2)n1. The van der Waals surface area contributed by atoms with Gasteiger partial charge in [-0.1, -0.05) is 55.9 Å². The van der Waals surface area contributed by atoms with Crippen LogP contribution in [0.25, 0.3) is 17.1 Å². The summed E-state index contributed by atoms with van der Waals surface area (Å²) >= 11 is 1.57. The highest BCUT2D eigenvalue weighted by molar-refractivity contribution is 7.99. The number of aromatic nitrogens is 3. The molecule has 0 atom stereocenters. The van der Waals surface area contributed by atoms with Crippen LogP contribution in [0.2, 0.25) is 0 Å². The molecule has 130 valence electrons. The Bertz CT molecular complexity index is 966. The summed E-state index contributed by atoms with van der Waals surface area (Å²) in [5, 5.41) is 10.8. The van der Waals surface area contributed by atoms with Crippen LogP contribution in [0.5, 0.6) is 0 Å². The van der Waals surface area contributed by atoms with E-state index >= 15 is 0 Å². The second-order valence-electron chi connectivity index (χ2n) is 5.70. The van der Waals surface area contributed by atoms with Crippen molar-refractivity contribution in [3.05, 3.63) is 54.6 Å². The number of thioether (sulfide) groups is 1. The van der Waals surface area contributed by atoms with Gasteiger partial charge in [0, 0.05) is 10.8 Å². The highest BCUT2D eigenvalue weighted by Crippen LogP contribution is 2.27. The summed E-state index contributed by atoms with van der Waals surface area (Å²) < 4.78 is 24.6. The molecule has 0 bridgehead atoms. The largest absolute Gasteiger partial charge is 0.238 e. The number of benzene rings is 2. The molecule has 0 fully saturated rings. The smallest absolute Gasteiger partial charge is 0.225 e. The Morgan fingerprint density at radius 2 is 1.68 bits per heavy atom. The van der Waals surface area contributed by atoms with Crippen LogP contribution >= 0.6 is 11.8 Å². The van der Waals surface area contributed by atoms with E-state index in [2.05, 4.69) is 23.9 Å². The van der Waals surface area contributed by atoms with E-state index in [0.29, 0.717) is 21.9 Å². The molecule has 2 N–H and O–H groups in total. The molecular weight excluding hydrogens is 356 g/mol. The van der Waals surface area contributed by atoms with Crippen LogP contribution in [-0.4, -0.2) is 28.4 Å². The Morgan fingerprint density at radius 1 is 1.04 bits per heavy atom. The van der Waals surface area contributed by atoms with Crippen LogP contribution in [0, 0.1) is 0 Å². The van der Waals surface area contributed by atoms with Crippen LogP contribution in [0.4, 0.5) is 0 Å². The lowest BCUT2D eigenvalue weighted by Gasteiger charge is -2.06. The lowest BCUT2D eigenvalue weighted by atomic mass is 10.2. The summed E-state index contributed by atoms with van der Waals surface area (Å²) in [4.78, 5) is 4.70. The van der Waals surface area contributed by atoms with E-state index in [4.69, 9.17) is 5.14 Å². The van der Waals surface area contributed by atoms with Gasteiger partial charge < -0.3 is 0 Å². The van der Waals surface area contributed by atoms with Gasteiger partial charge in [0.1, 0.15) is 0 Å². The molecule has 25 heavy (non-hydrogen) atoms. The van der Waals surface area contributed by atoms with Gasteiger partial charge in [-0.2, -0.15) is 0 Å². The van der Waals surface area contributed by atoms with E-state index < -0.39 is 10.0 Å². The van der Waals surface area contributed by atoms with Gasteiger partial charge in [-0.15, -0.1) is 5.10 Å². The molecule has 0 spiro atoms. The third-order valence-corrected chi connectivity index (χ3v) is 5.16. The fourth-order valence-electron chi connectivity index (χ4n) is 2.29. The molecule has 0 aliphatic rings. The molecule has 8 heteroatoms. The average Bonchev–Trinajstić information content (AvgIpc) is 2.98. The first-order chi connectivity index (χ1) is 11.8. The number of nitrogens with two attached hydrogens (primary N) is 1. The topological polar surface area (TPSA) is 90.9 Å². The van der Waals surface area contributed by atoms with Crippen molar-refractivity contribution >= 4 is 21.8 Å². The first-order valence-electron chi connectivity index (χ1n) is 7.67. The van der Waals surface area contributed by atoms with Crippen molar-refractivity contribution in [1.82, 2.24) is 14.8 Å². The molecular formula is C17H18N4O2S2. The fourth-order valence-corrected chi connectivity index (χ4v) is 3.49. The number of hydrogen-bond acceptors (Lipinski definition) is 5. The lowest BCUT2D eigenvalue weighted by molar-refractivity contribution is 0.598. The van der Waals surface area contributed by atoms with Gasteiger partial charge in [-0.25, -0.2) is 23.2 Å². The van der Waals surface area contributed by atoms with Gasteiger partial charge >= 0.3 is 0 Å². The zero-order valence-electron chi connectivity index (χ0n) is 13.8. The summed E-state index contributed by atoms with van der Waals surface area (Å²) in [5.41, 5.74) is 1.65. The van der Waals surface area contributed by atoms with Crippen molar-refractivity contribution in [2.24, 2.45) is 5.14 Å². The number of rotatable bonds is 5. The fraction of sp³-hybridized carbons (Fsp3) is 0.176. The Morgan fingerprint density at radius 3 is 2.24 bits per heavy atom. The van der Waals surface area contributed by atoms with Gasteiger partial charge in [-0.3, -0.25) is 0 Å². The van der Waals surface area contributed by atoms with E-state index in [1.54, 1.807) is 28.6 Å². The van der Waals surface area contributed by atoms with Crippen molar-refractivity contribution in [3.63, 3.8) is 0 Å². The Kier molecular flexibility index (Phi) is 4.94. The molecule has 2 aromatic carbocycles. The first kappa shape index (κ1) is 17.7. The molecule has 0 saturated heterocycles. The van der Waals surface area contributed by atoms with E-state index in [-0.39, 0.29) is 4.90 Å². The zero-order chi connectivity index (χ0) is 18.0. The minimum atomic E-state index is -3.72. The molecule has 1 heterocycles. The van der Waals surface area contributed by atoms with Crippen molar-refractivity contribution in [1.29, 1.82) is 0 Å². The molecule has 0 saturated carbocycles. The van der Waals surface area contributed by atoms with Crippen molar-refractivity contribution in [2.45, 2.75) is 29.1 Å². The highest BCUT2D eigenvalue weighted by atomic mass is 32.2. The molecule has 0 amide bonds. The average molecular weight is 374 g/mol. The third-order valence-electron chi connectivity index (χ3n) is 3.37. The Balaban J connectivity index is 2.09. The molecule has 3 rings (SSSR count). The second-order valence-corrected chi connectivity index (χ2v) is 8.81. The molecule has 3 aromatic rings. The summed E-state index contributed by atoms with van der Waals surface area (Å²) in [6, 6.07) is 16.0. The van der Waals surface area contributed by atoms with Crippen LogP contribution < -0.4 is 5.14 Å². The van der Waals surface area contributed by atoms with E-state index in [1.807, 2.05) is 30.3 Å². The number of sulfonamides is 1. The standard InChI is InChI=1S/C17H18N4O2S2/c1-12(2)24-17-19-16(13-6-4-3-5-7-13)21(20-17)14-8-10-15(11-9-14)25(18,22)23/h3-12H,1-2H3,(H2,18,22,23). The normalized spacial score (nSPS) is 11.8. The maximum Gasteiger partial charge on any atom is 0.238 e. The van der Waals surface area contributed by atoms with Gasteiger partial charge in [0.2, 0.25) is 15.2 Å². The highest BCUT2D eigenvalue weighted by Gasteiger charge is 2.16. The zero-order valence-corrected chi connectivity index (χ0v) is 15.5. The van der Waals surface area contributed by atoms with E-state index in [0.717, 1.165) is 5.56 Å². The summed E-state index contributed by atoms with van der Waals surface area (Å²) in [6.07, 6.45) is 0. The Hall–Kier alpha value is -2.16. The Labute approximate surface area is 151 Å². The molecule has 0 aliphatic carbocycles. The maximum atomic E-state index is 11.4. The molecule has 0 aliphatic heterocycles. The predicted molar refractivity (Wildman–Crippen MR) is 99.2 cm³/mol. The number of primary sulfonamides is 1. The van der Waals surface area contributed by atoms with Crippen molar-refractivity contribution in [3.8, 4) is 17.1 Å². The quantitative estimate of drug-likeness (QED) is 0.693. The maximum absolute atomic E-state index is 11.4. The predicted octanol–water partition coefficient (Wildman–Crippen LogP) is 3.08. The van der Waals surface area contributed by atoms with Crippen LogP contribution in [0.3, 0.4) is 0 Å². The van der Waals surface area contributed by atoms with Crippen LogP contribution in [0.15, 0.2) is 64.6 Å². The summed E-state index contributed by atoms with van der Waals surface area (Å²) in [5.74, 6) is 0.701. The van der Waals surface area contributed by atoms with Crippen LogP contribution in [0.1, 0.15) is 13.8 Å². The minimum Gasteiger partial charge on any atom is -0.225 e. The van der Waals surface area contributed by atoms with Crippen molar-refractivity contribution < 1.29 is 8.42 Å². The number of hydrogen-bond donors (Lipinski definition) is 1.